The molecule has 2 aromatic rings. The van der Waals surface area contributed by atoms with Gasteiger partial charge in [0.15, 0.2) is 5.78 Å². The monoisotopic (exact) mass is 516 g/mol. The van der Waals surface area contributed by atoms with Gasteiger partial charge in [-0.2, -0.15) is 10.4 Å². The molecule has 0 N–H and O–H groups in total. The Labute approximate surface area is 214 Å². The summed E-state index contributed by atoms with van der Waals surface area (Å²) >= 11 is 0. The number of nitriles is 1. The maximum atomic E-state index is 14.8. The minimum absolute atomic E-state index is 0.0169. The lowest BCUT2D eigenvalue weighted by Gasteiger charge is -2.43. The Morgan fingerprint density at radius 2 is 1.97 bits per heavy atom. The highest BCUT2D eigenvalue weighted by Crippen LogP contribution is 2.45. The molecule has 1 aromatic heterocycles. The van der Waals surface area contributed by atoms with Crippen molar-refractivity contribution in [2.45, 2.75) is 82.7 Å². The van der Waals surface area contributed by atoms with Crippen molar-refractivity contribution in [1.82, 2.24) is 14.8 Å². The summed E-state index contributed by atoms with van der Waals surface area (Å²) in [5.74, 6) is -3.09. The molecule has 37 heavy (non-hydrogen) atoms. The molecule has 2 heterocycles. The molecule has 0 amide bonds. The number of hydrogen-bond acceptors (Lipinski definition) is 6. The van der Waals surface area contributed by atoms with Crippen LogP contribution in [0.15, 0.2) is 18.2 Å². The number of ketones is 1. The number of aromatic nitrogens is 3. The molecule has 1 aliphatic heterocycles. The zero-order valence-electron chi connectivity index (χ0n) is 21.3. The highest BCUT2D eigenvalue weighted by atomic mass is 19.3. The number of hydrogen-bond donors (Lipinski definition) is 0. The van der Waals surface area contributed by atoms with Gasteiger partial charge in [0.25, 0.3) is 6.43 Å². The van der Waals surface area contributed by atoms with Crippen LogP contribution in [0.2, 0.25) is 0 Å². The van der Waals surface area contributed by atoms with Crippen molar-refractivity contribution < 1.29 is 27.5 Å². The molecular weight excluding hydrogens is 485 g/mol. The van der Waals surface area contributed by atoms with Crippen molar-refractivity contribution in [3.8, 4) is 6.07 Å². The smallest absolute Gasteiger partial charge is 0.317 e. The predicted octanol–water partition coefficient (Wildman–Crippen LogP) is 4.93. The third-order valence-electron chi connectivity index (χ3n) is 7.82. The summed E-state index contributed by atoms with van der Waals surface area (Å²) in [7, 11) is 1.44. The van der Waals surface area contributed by atoms with Crippen molar-refractivity contribution >= 4 is 11.8 Å². The van der Waals surface area contributed by atoms with Gasteiger partial charge in [0, 0.05) is 25.5 Å². The van der Waals surface area contributed by atoms with Crippen LogP contribution in [0, 0.1) is 29.0 Å². The summed E-state index contributed by atoms with van der Waals surface area (Å²) in [5.41, 5.74) is -0.954. The number of nitrogens with zero attached hydrogens (tertiary/aromatic N) is 4. The minimum Gasteiger partial charge on any atom is -0.458 e. The van der Waals surface area contributed by atoms with E-state index in [-0.39, 0.29) is 30.4 Å². The molecule has 0 spiro atoms. The number of benzene rings is 1. The molecule has 10 heteroatoms. The molecule has 7 nitrogen and oxygen atoms in total. The van der Waals surface area contributed by atoms with Gasteiger partial charge in [-0.3, -0.25) is 14.3 Å². The minimum atomic E-state index is -2.85. The molecule has 1 aliphatic carbocycles. The topological polar surface area (TPSA) is 97.9 Å². The average Bonchev–Trinajstić information content (AvgIpc) is 3.51. The molecule has 198 valence electrons. The number of carbonyl (C=O) groups is 2. The highest BCUT2D eigenvalue weighted by Gasteiger charge is 2.51. The second-order valence-electron chi connectivity index (χ2n) is 10.7. The van der Waals surface area contributed by atoms with E-state index in [1.165, 1.54) is 13.1 Å². The van der Waals surface area contributed by atoms with Gasteiger partial charge in [0.2, 0.25) is 5.82 Å². The molecule has 2 aliphatic rings. The Bertz CT molecular complexity index is 1210. The standard InChI is InChI=1S/C27H31F3N4O3/c1-26(2,15-31)19-9-8-16(12-20(19)28)10-11-27(17-6-4-5-7-17)14-21(35)18(25(36)37-27)13-22-32-24(23(29)30)33-34(22)3/h8-9,12,17-18,23H,4-7,10-11,13-14H2,1-3H3. The number of esters is 1. The van der Waals surface area contributed by atoms with E-state index in [0.717, 1.165) is 30.4 Å². The summed E-state index contributed by atoms with van der Waals surface area (Å²) in [6.45, 7) is 3.30. The third-order valence-corrected chi connectivity index (χ3v) is 7.82. The van der Waals surface area contributed by atoms with E-state index >= 15 is 0 Å². The first-order chi connectivity index (χ1) is 17.5. The highest BCUT2D eigenvalue weighted by molar-refractivity contribution is 6.01. The molecule has 2 fully saturated rings. The van der Waals surface area contributed by atoms with E-state index in [1.807, 2.05) is 0 Å². The van der Waals surface area contributed by atoms with Crippen molar-refractivity contribution in [2.75, 3.05) is 0 Å². The van der Waals surface area contributed by atoms with Crippen molar-refractivity contribution in [3.63, 3.8) is 0 Å². The van der Waals surface area contributed by atoms with E-state index in [0.29, 0.717) is 24.0 Å². The zero-order chi connectivity index (χ0) is 27.0. The van der Waals surface area contributed by atoms with Crippen LogP contribution in [-0.2, 0) is 39.6 Å². The van der Waals surface area contributed by atoms with Crippen molar-refractivity contribution in [3.05, 3.63) is 46.8 Å². The molecular formula is C27H31F3N4O3. The number of aryl methyl sites for hydroxylation is 2. The molecule has 0 radical (unpaired) electrons. The van der Waals surface area contributed by atoms with Crippen molar-refractivity contribution in [2.24, 2.45) is 18.9 Å². The summed E-state index contributed by atoms with van der Waals surface area (Å²) in [4.78, 5) is 30.2. The second-order valence-corrected chi connectivity index (χ2v) is 10.7. The number of ether oxygens (including phenoxy) is 1. The van der Waals surface area contributed by atoms with Crippen LogP contribution in [0.4, 0.5) is 13.2 Å². The summed E-state index contributed by atoms with van der Waals surface area (Å²) in [6, 6.07) is 6.89. The van der Waals surface area contributed by atoms with E-state index in [2.05, 4.69) is 16.2 Å². The number of rotatable bonds is 8. The van der Waals surface area contributed by atoms with Crippen LogP contribution in [-0.4, -0.2) is 32.1 Å². The molecule has 0 bridgehead atoms. The van der Waals surface area contributed by atoms with Crippen LogP contribution in [0.3, 0.4) is 0 Å². The number of Topliss-reactive ketones (excluding diaryl/α,β-unsaturated/α-hetero) is 1. The van der Waals surface area contributed by atoms with Crippen molar-refractivity contribution in [1.29, 1.82) is 5.26 Å². The van der Waals surface area contributed by atoms with E-state index in [1.54, 1.807) is 26.0 Å². The lowest BCUT2D eigenvalue weighted by atomic mass is 9.73. The third kappa shape index (κ3) is 5.41. The van der Waals surface area contributed by atoms with Gasteiger partial charge in [0.1, 0.15) is 23.2 Å². The lowest BCUT2D eigenvalue weighted by molar-refractivity contribution is -0.185. The zero-order valence-corrected chi connectivity index (χ0v) is 21.3. The first-order valence-electron chi connectivity index (χ1n) is 12.6. The van der Waals surface area contributed by atoms with Gasteiger partial charge >= 0.3 is 5.97 Å². The largest absolute Gasteiger partial charge is 0.458 e. The summed E-state index contributed by atoms with van der Waals surface area (Å²) < 4.78 is 48.0. The summed E-state index contributed by atoms with van der Waals surface area (Å²) in [5, 5.41) is 13.0. The Morgan fingerprint density at radius 3 is 2.54 bits per heavy atom. The maximum absolute atomic E-state index is 14.8. The van der Waals surface area contributed by atoms with E-state index in [9.17, 15) is 28.0 Å². The fourth-order valence-corrected chi connectivity index (χ4v) is 5.61. The van der Waals surface area contributed by atoms with Crippen LogP contribution in [0.5, 0.6) is 0 Å². The Hall–Kier alpha value is -3.22. The Kier molecular flexibility index (Phi) is 7.45. The second kappa shape index (κ2) is 10.3. The first-order valence-corrected chi connectivity index (χ1v) is 12.6. The number of alkyl halides is 2. The lowest BCUT2D eigenvalue weighted by Crippen LogP contribution is -2.52. The number of cyclic esters (lactones) is 1. The number of carbonyl (C=O) groups excluding carboxylic acids is 2. The first kappa shape index (κ1) is 26.8. The van der Waals surface area contributed by atoms with Crippen LogP contribution in [0.1, 0.15) is 81.6 Å². The summed E-state index contributed by atoms with van der Waals surface area (Å²) in [6.07, 6.45) is 1.38. The SMILES string of the molecule is Cn1nc(C(F)F)nc1CC1C(=O)CC(CCc2ccc(C(C)(C)C#N)c(F)c2)(C2CCCC2)OC1=O. The fourth-order valence-electron chi connectivity index (χ4n) is 5.61. The molecule has 1 aromatic carbocycles. The van der Waals surface area contributed by atoms with Gasteiger partial charge in [0.05, 0.1) is 11.5 Å². The van der Waals surface area contributed by atoms with E-state index < -0.39 is 41.0 Å². The van der Waals surface area contributed by atoms with Crippen LogP contribution in [0.25, 0.3) is 0 Å². The normalized spacial score (nSPS) is 22.9. The van der Waals surface area contributed by atoms with Gasteiger partial charge in [-0.15, -0.1) is 0 Å². The van der Waals surface area contributed by atoms with Gasteiger partial charge in [-0.25, -0.2) is 18.2 Å². The van der Waals surface area contributed by atoms with Gasteiger partial charge < -0.3 is 4.74 Å². The van der Waals surface area contributed by atoms with Gasteiger partial charge in [-0.1, -0.05) is 25.0 Å². The molecule has 1 saturated heterocycles. The van der Waals surface area contributed by atoms with Crippen LogP contribution < -0.4 is 0 Å². The molecule has 1 saturated carbocycles. The van der Waals surface area contributed by atoms with Crippen LogP contribution >= 0.6 is 0 Å². The molecule has 2 unspecified atom stereocenters. The average molecular weight is 517 g/mol. The van der Waals surface area contributed by atoms with E-state index in [4.69, 9.17) is 4.74 Å². The quantitative estimate of drug-likeness (QED) is 0.365. The maximum Gasteiger partial charge on any atom is 0.317 e. The molecule has 2 atom stereocenters. The fraction of sp³-hybridized carbons (Fsp3) is 0.593. The van der Waals surface area contributed by atoms with Gasteiger partial charge in [-0.05, 0) is 57.1 Å². The number of halogens is 3. The Morgan fingerprint density at radius 1 is 1.27 bits per heavy atom. The molecule has 4 rings (SSSR count). The Balaban J connectivity index is 1.53. The predicted molar refractivity (Wildman–Crippen MR) is 127 cm³/mol.